The molecular formula is C18H19N3OS. The van der Waals surface area contributed by atoms with Gasteiger partial charge in [0.25, 0.3) is 0 Å². The molecule has 3 aromatic rings. The van der Waals surface area contributed by atoms with Crippen molar-refractivity contribution >= 4 is 27.6 Å². The normalized spacial score (nSPS) is 16.6. The van der Waals surface area contributed by atoms with Crippen molar-refractivity contribution in [2.24, 2.45) is 0 Å². The number of nitrogens with zero attached hydrogens (tertiary/aromatic N) is 2. The van der Waals surface area contributed by atoms with Crippen molar-refractivity contribution in [2.75, 3.05) is 31.1 Å². The second-order valence-corrected chi connectivity index (χ2v) is 7.01. The minimum Gasteiger partial charge on any atom is -0.368 e. The third-order valence-corrected chi connectivity index (χ3v) is 5.61. The number of hydrogen-bond donors (Lipinski definition) is 1. The number of nitrogens with one attached hydrogen (secondary N) is 1. The highest BCUT2D eigenvalue weighted by Gasteiger charge is 2.16. The molecule has 4 rings (SSSR count). The van der Waals surface area contributed by atoms with E-state index in [0.29, 0.717) is 0 Å². The summed E-state index contributed by atoms with van der Waals surface area (Å²) in [5.74, 6) is 0. The van der Waals surface area contributed by atoms with Crippen LogP contribution in [-0.4, -0.2) is 34.4 Å². The van der Waals surface area contributed by atoms with E-state index in [4.69, 9.17) is 0 Å². The molecule has 118 valence electrons. The van der Waals surface area contributed by atoms with Gasteiger partial charge < -0.3 is 10.2 Å². The Labute approximate surface area is 138 Å². The van der Waals surface area contributed by atoms with Crippen molar-refractivity contribution in [1.82, 2.24) is 9.29 Å². The zero-order chi connectivity index (χ0) is 15.6. The van der Waals surface area contributed by atoms with Crippen molar-refractivity contribution in [3.8, 4) is 0 Å². The Hall–Kier alpha value is -2.11. The molecule has 23 heavy (non-hydrogen) atoms. The smallest absolute Gasteiger partial charge is 0.157 e. The zero-order valence-corrected chi connectivity index (χ0v) is 13.6. The first-order valence-corrected chi connectivity index (χ1v) is 8.98. The number of hydrogen-bond acceptors (Lipinski definition) is 3. The van der Waals surface area contributed by atoms with E-state index >= 15 is 0 Å². The molecule has 4 nitrogen and oxygen atoms in total. The van der Waals surface area contributed by atoms with Crippen LogP contribution in [0, 0.1) is 0 Å². The lowest BCUT2D eigenvalue weighted by molar-refractivity contribution is 0.590. The molecule has 0 radical (unpaired) electrons. The maximum absolute atomic E-state index is 12.9. The van der Waals surface area contributed by atoms with Crippen LogP contribution in [0.5, 0.6) is 0 Å². The maximum atomic E-state index is 12.9. The molecule has 0 amide bonds. The number of aromatic nitrogens is 1. The van der Waals surface area contributed by atoms with Gasteiger partial charge >= 0.3 is 0 Å². The average molecular weight is 325 g/mol. The molecule has 0 saturated carbocycles. The summed E-state index contributed by atoms with van der Waals surface area (Å²) in [7, 11) is -1.22. The molecular weight excluding hydrogens is 306 g/mol. The summed E-state index contributed by atoms with van der Waals surface area (Å²) in [6.07, 6.45) is 1.93. The molecule has 1 unspecified atom stereocenters. The Balaban J connectivity index is 1.77. The predicted molar refractivity (Wildman–Crippen MR) is 95.3 cm³/mol. The lowest BCUT2D eigenvalue weighted by atomic mass is 10.2. The van der Waals surface area contributed by atoms with Crippen molar-refractivity contribution in [3.63, 3.8) is 0 Å². The van der Waals surface area contributed by atoms with Gasteiger partial charge in [-0.25, -0.2) is 4.21 Å². The van der Waals surface area contributed by atoms with Gasteiger partial charge in [0.1, 0.15) is 0 Å². The molecule has 1 aromatic heterocycles. The monoisotopic (exact) mass is 325 g/mol. The molecule has 1 aliphatic rings. The number of rotatable bonds is 3. The van der Waals surface area contributed by atoms with Gasteiger partial charge in [0, 0.05) is 43.4 Å². The Morgan fingerprint density at radius 2 is 1.70 bits per heavy atom. The Kier molecular flexibility index (Phi) is 3.89. The van der Waals surface area contributed by atoms with Crippen LogP contribution in [-0.2, 0) is 11.0 Å². The number of piperazine rings is 1. The minimum atomic E-state index is -1.22. The first-order valence-electron chi connectivity index (χ1n) is 7.88. The highest BCUT2D eigenvalue weighted by atomic mass is 32.2. The summed E-state index contributed by atoms with van der Waals surface area (Å²) in [5.41, 5.74) is 2.25. The van der Waals surface area contributed by atoms with Crippen LogP contribution >= 0.6 is 0 Å². The van der Waals surface area contributed by atoms with Gasteiger partial charge in [-0.15, -0.1) is 0 Å². The molecule has 1 aliphatic heterocycles. The van der Waals surface area contributed by atoms with Crippen LogP contribution in [0.15, 0.2) is 65.7 Å². The topological polar surface area (TPSA) is 37.3 Å². The molecule has 1 fully saturated rings. The summed E-state index contributed by atoms with van der Waals surface area (Å²) >= 11 is 0. The maximum Gasteiger partial charge on any atom is 0.157 e. The quantitative estimate of drug-likeness (QED) is 0.804. The van der Waals surface area contributed by atoms with Gasteiger partial charge in [0.2, 0.25) is 0 Å². The standard InChI is InChI=1S/C18H19N3OS/c22-23(15-5-2-1-3-6-15)21-12-9-16-17(7-4-8-18(16)21)20-13-10-19-11-14-20/h1-9,12,19H,10-11,13-14H2. The molecule has 2 aromatic carbocycles. The first-order chi connectivity index (χ1) is 11.3. The first kappa shape index (κ1) is 14.5. The van der Waals surface area contributed by atoms with Gasteiger partial charge in [-0.1, -0.05) is 24.3 Å². The molecule has 1 N–H and O–H groups in total. The summed E-state index contributed by atoms with van der Waals surface area (Å²) in [5, 5.41) is 4.55. The fourth-order valence-corrected chi connectivity index (χ4v) is 4.23. The van der Waals surface area contributed by atoms with E-state index < -0.39 is 11.0 Å². The van der Waals surface area contributed by atoms with E-state index in [1.54, 1.807) is 0 Å². The third kappa shape index (κ3) is 2.66. The van der Waals surface area contributed by atoms with Crippen LogP contribution in [0.25, 0.3) is 10.9 Å². The van der Waals surface area contributed by atoms with Gasteiger partial charge in [-0.05, 0) is 30.3 Å². The molecule has 5 heteroatoms. The van der Waals surface area contributed by atoms with Crippen LogP contribution in [0.1, 0.15) is 0 Å². The number of benzene rings is 2. The fraction of sp³-hybridized carbons (Fsp3) is 0.222. The van der Waals surface area contributed by atoms with Gasteiger partial charge in [-0.2, -0.15) is 0 Å². The summed E-state index contributed by atoms with van der Waals surface area (Å²) in [6.45, 7) is 4.03. The predicted octanol–water partition coefficient (Wildman–Crippen LogP) is 2.62. The SMILES string of the molecule is O=S(c1ccccc1)n1ccc2c(N3CCNCC3)cccc21. The average Bonchev–Trinajstić information content (AvgIpc) is 3.06. The Morgan fingerprint density at radius 1 is 0.913 bits per heavy atom. The second-order valence-electron chi connectivity index (χ2n) is 5.65. The van der Waals surface area contributed by atoms with Crippen molar-refractivity contribution < 1.29 is 4.21 Å². The third-order valence-electron chi connectivity index (χ3n) is 4.26. The summed E-state index contributed by atoms with van der Waals surface area (Å²) in [6, 6.07) is 17.9. The van der Waals surface area contributed by atoms with E-state index in [-0.39, 0.29) is 0 Å². The van der Waals surface area contributed by atoms with Crippen molar-refractivity contribution in [1.29, 1.82) is 0 Å². The zero-order valence-electron chi connectivity index (χ0n) is 12.8. The highest BCUT2D eigenvalue weighted by molar-refractivity contribution is 7.83. The van der Waals surface area contributed by atoms with E-state index in [2.05, 4.69) is 28.4 Å². The van der Waals surface area contributed by atoms with Gasteiger partial charge in [0.15, 0.2) is 11.0 Å². The molecule has 1 atom stereocenters. The fourth-order valence-electron chi connectivity index (χ4n) is 3.10. The van der Waals surface area contributed by atoms with E-state index in [1.807, 2.05) is 46.6 Å². The second kappa shape index (κ2) is 6.18. The van der Waals surface area contributed by atoms with Crippen molar-refractivity contribution in [2.45, 2.75) is 4.90 Å². The molecule has 2 heterocycles. The van der Waals surface area contributed by atoms with E-state index in [0.717, 1.165) is 36.6 Å². The summed E-state index contributed by atoms with van der Waals surface area (Å²) < 4.78 is 14.7. The van der Waals surface area contributed by atoms with Gasteiger partial charge in [0.05, 0.1) is 10.4 Å². The number of anilines is 1. The van der Waals surface area contributed by atoms with Crippen LogP contribution in [0.2, 0.25) is 0 Å². The lowest BCUT2D eigenvalue weighted by Crippen LogP contribution is -2.43. The Morgan fingerprint density at radius 3 is 2.48 bits per heavy atom. The lowest BCUT2D eigenvalue weighted by Gasteiger charge is -2.30. The molecule has 1 saturated heterocycles. The molecule has 0 bridgehead atoms. The minimum absolute atomic E-state index is 0.817. The number of fused-ring (bicyclic) bond motifs is 1. The molecule has 0 spiro atoms. The Bertz CT molecular complexity index is 838. The van der Waals surface area contributed by atoms with Crippen LogP contribution in [0.4, 0.5) is 5.69 Å². The highest BCUT2D eigenvalue weighted by Crippen LogP contribution is 2.29. The van der Waals surface area contributed by atoms with E-state index in [9.17, 15) is 4.21 Å². The summed E-state index contributed by atoms with van der Waals surface area (Å²) in [4.78, 5) is 3.21. The van der Waals surface area contributed by atoms with Crippen LogP contribution < -0.4 is 10.2 Å². The van der Waals surface area contributed by atoms with Gasteiger partial charge in [-0.3, -0.25) is 3.97 Å². The van der Waals surface area contributed by atoms with Crippen molar-refractivity contribution in [3.05, 3.63) is 60.8 Å². The van der Waals surface area contributed by atoms with E-state index in [1.165, 1.54) is 11.1 Å². The van der Waals surface area contributed by atoms with Crippen LogP contribution in [0.3, 0.4) is 0 Å². The molecule has 0 aliphatic carbocycles. The largest absolute Gasteiger partial charge is 0.368 e.